The monoisotopic (exact) mass is 345 g/mol. The van der Waals surface area contributed by atoms with Gasteiger partial charge in [-0.25, -0.2) is 4.39 Å². The van der Waals surface area contributed by atoms with Crippen LogP contribution in [0.2, 0.25) is 0 Å². The zero-order chi connectivity index (χ0) is 14.8. The fourth-order valence-electron chi connectivity index (χ4n) is 2.30. The smallest absolute Gasteiger partial charge is 0.179 e. The van der Waals surface area contributed by atoms with Gasteiger partial charge in [-0.05, 0) is 48.4 Å². The van der Waals surface area contributed by atoms with Gasteiger partial charge in [0.15, 0.2) is 5.78 Å². The van der Waals surface area contributed by atoms with E-state index in [1.807, 2.05) is 24.3 Å². The third kappa shape index (κ3) is 3.22. The van der Waals surface area contributed by atoms with Crippen LogP contribution in [-0.4, -0.2) is 10.8 Å². The first-order valence-electron chi connectivity index (χ1n) is 6.68. The van der Waals surface area contributed by atoms with Crippen molar-refractivity contribution in [2.24, 2.45) is 0 Å². The molecule has 0 radical (unpaired) electrons. The fourth-order valence-corrected chi connectivity index (χ4v) is 2.56. The average molecular weight is 346 g/mol. The normalized spacial score (nSPS) is 11.0. The third-order valence-corrected chi connectivity index (χ3v) is 3.97. The molecule has 0 saturated carbocycles. The quantitative estimate of drug-likeness (QED) is 0.671. The van der Waals surface area contributed by atoms with Crippen LogP contribution >= 0.6 is 15.9 Å². The maximum absolute atomic E-state index is 13.1. The van der Waals surface area contributed by atoms with Crippen LogP contribution in [0.15, 0.2) is 53.0 Å². The standard InChI is InChI=1S/C17H13BrFNO/c18-13-4-1-11(2-5-13)3-8-17(21)16-10-12-9-14(19)6-7-15(12)20-16/h1-2,4-7,9-10,20H,3,8H2. The molecule has 0 bridgehead atoms. The van der Waals surface area contributed by atoms with Crippen LogP contribution in [0.25, 0.3) is 10.9 Å². The molecule has 0 aliphatic heterocycles. The largest absolute Gasteiger partial charge is 0.352 e. The Kier molecular flexibility index (Phi) is 3.88. The molecular weight excluding hydrogens is 333 g/mol. The van der Waals surface area contributed by atoms with E-state index in [0.29, 0.717) is 18.5 Å². The van der Waals surface area contributed by atoms with Gasteiger partial charge >= 0.3 is 0 Å². The molecule has 0 aliphatic carbocycles. The summed E-state index contributed by atoms with van der Waals surface area (Å²) in [6.07, 6.45) is 1.12. The maximum atomic E-state index is 13.1. The zero-order valence-electron chi connectivity index (χ0n) is 11.2. The third-order valence-electron chi connectivity index (χ3n) is 3.44. The fraction of sp³-hybridized carbons (Fsp3) is 0.118. The second kappa shape index (κ2) is 5.82. The van der Waals surface area contributed by atoms with Gasteiger partial charge in [-0.3, -0.25) is 4.79 Å². The van der Waals surface area contributed by atoms with Crippen LogP contribution in [0.1, 0.15) is 22.5 Å². The van der Waals surface area contributed by atoms with E-state index in [1.165, 1.54) is 12.1 Å². The average Bonchev–Trinajstić information content (AvgIpc) is 2.89. The topological polar surface area (TPSA) is 32.9 Å². The van der Waals surface area contributed by atoms with Gasteiger partial charge in [-0.2, -0.15) is 0 Å². The number of nitrogens with one attached hydrogen (secondary N) is 1. The van der Waals surface area contributed by atoms with Crippen LogP contribution in [0.5, 0.6) is 0 Å². The number of halogens is 2. The molecule has 0 unspecified atom stereocenters. The Balaban J connectivity index is 1.73. The molecule has 21 heavy (non-hydrogen) atoms. The van der Waals surface area contributed by atoms with Crippen LogP contribution in [-0.2, 0) is 6.42 Å². The number of Topliss-reactive ketones (excluding diaryl/α,β-unsaturated/α-hetero) is 1. The molecule has 106 valence electrons. The highest BCUT2D eigenvalue weighted by molar-refractivity contribution is 9.10. The maximum Gasteiger partial charge on any atom is 0.179 e. The summed E-state index contributed by atoms with van der Waals surface area (Å²) in [6, 6.07) is 14.1. The van der Waals surface area contributed by atoms with E-state index in [1.54, 1.807) is 12.1 Å². The van der Waals surface area contributed by atoms with Crippen molar-refractivity contribution in [3.8, 4) is 0 Å². The van der Waals surface area contributed by atoms with Gasteiger partial charge in [0.05, 0.1) is 5.69 Å². The molecular formula is C17H13BrFNO. The molecule has 0 spiro atoms. The number of rotatable bonds is 4. The highest BCUT2D eigenvalue weighted by Gasteiger charge is 2.10. The first-order valence-corrected chi connectivity index (χ1v) is 7.47. The number of ketones is 1. The highest BCUT2D eigenvalue weighted by Crippen LogP contribution is 2.18. The Bertz CT molecular complexity index is 792. The Hall–Kier alpha value is -1.94. The number of fused-ring (bicyclic) bond motifs is 1. The Labute approximate surface area is 130 Å². The molecule has 0 atom stereocenters. The number of aromatic amines is 1. The van der Waals surface area contributed by atoms with Gasteiger partial charge in [0.1, 0.15) is 5.82 Å². The Morgan fingerprint density at radius 2 is 1.86 bits per heavy atom. The molecule has 4 heteroatoms. The minimum Gasteiger partial charge on any atom is -0.352 e. The summed E-state index contributed by atoms with van der Waals surface area (Å²) in [6.45, 7) is 0. The lowest BCUT2D eigenvalue weighted by Gasteiger charge is -2.00. The van der Waals surface area contributed by atoms with Crippen molar-refractivity contribution >= 4 is 32.6 Å². The number of carbonyl (C=O) groups excluding carboxylic acids is 1. The first kappa shape index (κ1) is 14.0. The lowest BCUT2D eigenvalue weighted by molar-refractivity contribution is 0.0979. The summed E-state index contributed by atoms with van der Waals surface area (Å²) in [5.74, 6) is -0.259. The summed E-state index contributed by atoms with van der Waals surface area (Å²) in [5.41, 5.74) is 2.44. The van der Waals surface area contributed by atoms with Crippen molar-refractivity contribution in [2.45, 2.75) is 12.8 Å². The van der Waals surface area contributed by atoms with E-state index in [-0.39, 0.29) is 11.6 Å². The number of aryl methyl sites for hydroxylation is 1. The molecule has 0 aliphatic rings. The summed E-state index contributed by atoms with van der Waals surface area (Å²) in [5, 5.41) is 0.724. The van der Waals surface area contributed by atoms with E-state index < -0.39 is 0 Å². The molecule has 1 N–H and O–H groups in total. The second-order valence-electron chi connectivity index (χ2n) is 4.96. The van der Waals surface area contributed by atoms with Gasteiger partial charge in [0, 0.05) is 21.8 Å². The van der Waals surface area contributed by atoms with E-state index >= 15 is 0 Å². The molecule has 2 aromatic carbocycles. The van der Waals surface area contributed by atoms with Crippen molar-refractivity contribution in [3.05, 3.63) is 70.1 Å². The van der Waals surface area contributed by atoms with Gasteiger partial charge in [-0.15, -0.1) is 0 Å². The molecule has 1 heterocycles. The number of aromatic nitrogens is 1. The number of hydrogen-bond donors (Lipinski definition) is 1. The molecule has 2 nitrogen and oxygen atoms in total. The van der Waals surface area contributed by atoms with Crippen molar-refractivity contribution in [3.63, 3.8) is 0 Å². The SMILES string of the molecule is O=C(CCc1ccc(Br)cc1)c1cc2cc(F)ccc2[nH]1. The lowest BCUT2D eigenvalue weighted by Crippen LogP contribution is -2.01. The summed E-state index contributed by atoms with van der Waals surface area (Å²) in [4.78, 5) is 15.2. The van der Waals surface area contributed by atoms with E-state index in [9.17, 15) is 9.18 Å². The van der Waals surface area contributed by atoms with Gasteiger partial charge in [0.25, 0.3) is 0 Å². The predicted molar refractivity (Wildman–Crippen MR) is 85.1 cm³/mol. The van der Waals surface area contributed by atoms with Crippen LogP contribution in [0.4, 0.5) is 4.39 Å². The highest BCUT2D eigenvalue weighted by atomic mass is 79.9. The predicted octanol–water partition coefficient (Wildman–Crippen LogP) is 4.89. The number of H-pyrrole nitrogens is 1. The number of hydrogen-bond acceptors (Lipinski definition) is 1. The number of benzene rings is 2. The molecule has 0 amide bonds. The van der Waals surface area contributed by atoms with Crippen LogP contribution in [0, 0.1) is 5.82 Å². The van der Waals surface area contributed by atoms with Gasteiger partial charge < -0.3 is 4.98 Å². The summed E-state index contributed by atoms with van der Waals surface area (Å²) >= 11 is 3.39. The number of carbonyl (C=O) groups is 1. The minimum absolute atomic E-state index is 0.0366. The Morgan fingerprint density at radius 3 is 2.62 bits per heavy atom. The summed E-state index contributed by atoms with van der Waals surface area (Å²) in [7, 11) is 0. The van der Waals surface area contributed by atoms with E-state index in [4.69, 9.17) is 0 Å². The minimum atomic E-state index is -0.296. The van der Waals surface area contributed by atoms with Crippen LogP contribution < -0.4 is 0 Å². The zero-order valence-corrected chi connectivity index (χ0v) is 12.8. The first-order chi connectivity index (χ1) is 10.1. The summed E-state index contributed by atoms with van der Waals surface area (Å²) < 4.78 is 14.2. The van der Waals surface area contributed by atoms with Gasteiger partial charge in [-0.1, -0.05) is 28.1 Å². The Morgan fingerprint density at radius 1 is 1.10 bits per heavy atom. The molecule has 0 fully saturated rings. The van der Waals surface area contributed by atoms with E-state index in [0.717, 1.165) is 20.9 Å². The molecule has 0 saturated heterocycles. The van der Waals surface area contributed by atoms with E-state index in [2.05, 4.69) is 20.9 Å². The second-order valence-corrected chi connectivity index (χ2v) is 5.88. The van der Waals surface area contributed by atoms with Crippen molar-refractivity contribution in [1.29, 1.82) is 0 Å². The van der Waals surface area contributed by atoms with Crippen molar-refractivity contribution < 1.29 is 9.18 Å². The molecule has 3 rings (SSSR count). The lowest BCUT2D eigenvalue weighted by atomic mass is 10.1. The van der Waals surface area contributed by atoms with Crippen LogP contribution in [0.3, 0.4) is 0 Å². The molecule has 3 aromatic rings. The van der Waals surface area contributed by atoms with Crippen molar-refractivity contribution in [1.82, 2.24) is 4.98 Å². The van der Waals surface area contributed by atoms with Crippen molar-refractivity contribution in [2.75, 3.05) is 0 Å². The molecule has 1 aromatic heterocycles. The van der Waals surface area contributed by atoms with Gasteiger partial charge in [0.2, 0.25) is 0 Å².